The van der Waals surface area contributed by atoms with E-state index in [1.54, 1.807) is 24.5 Å². The van der Waals surface area contributed by atoms with Gasteiger partial charge in [0.05, 0.1) is 11.0 Å². The molecule has 0 aliphatic carbocycles. The van der Waals surface area contributed by atoms with Crippen molar-refractivity contribution in [3.63, 3.8) is 0 Å². The van der Waals surface area contributed by atoms with Crippen molar-refractivity contribution in [1.29, 1.82) is 0 Å². The van der Waals surface area contributed by atoms with Crippen molar-refractivity contribution in [2.75, 3.05) is 0 Å². The number of nitrogens with zero attached hydrogens (tertiary/aromatic N) is 4. The molecule has 2 aromatic heterocycles. The molecule has 0 fully saturated rings. The molecule has 0 saturated heterocycles. The molecule has 0 unspecified atom stereocenters. The Bertz CT molecular complexity index is 1150. The maximum Gasteiger partial charge on any atom is 0.132 e. The van der Waals surface area contributed by atoms with Crippen LogP contribution in [0.25, 0.3) is 33.4 Å². The quantitative estimate of drug-likeness (QED) is 0.508. The van der Waals surface area contributed by atoms with Crippen LogP contribution in [0.4, 0.5) is 4.39 Å². The lowest BCUT2D eigenvalue weighted by molar-refractivity contribution is 0.627. The van der Waals surface area contributed by atoms with Gasteiger partial charge in [-0.1, -0.05) is 17.7 Å². The van der Waals surface area contributed by atoms with Crippen LogP contribution in [0.2, 0.25) is 5.02 Å². The highest BCUT2D eigenvalue weighted by atomic mass is 35.5. The zero-order valence-corrected chi connectivity index (χ0v) is 14.5. The average Bonchev–Trinajstić information content (AvgIpc) is 3.24. The third-order valence-corrected chi connectivity index (χ3v) is 5.02. The summed E-state index contributed by atoms with van der Waals surface area (Å²) in [5.41, 5.74) is 5.74. The summed E-state index contributed by atoms with van der Waals surface area (Å²) >= 11 is 6.12. The summed E-state index contributed by atoms with van der Waals surface area (Å²) in [6.07, 6.45) is 5.31. The Morgan fingerprint density at radius 2 is 1.85 bits per heavy atom. The van der Waals surface area contributed by atoms with Crippen LogP contribution in [-0.4, -0.2) is 19.7 Å². The smallest absolute Gasteiger partial charge is 0.132 e. The Balaban J connectivity index is 1.78. The molecule has 0 saturated carbocycles. The first-order valence-corrected chi connectivity index (χ1v) is 8.85. The van der Waals surface area contributed by atoms with Crippen LogP contribution in [-0.2, 0) is 13.0 Å². The second-order valence-electron chi connectivity index (χ2n) is 6.38. The van der Waals surface area contributed by atoms with Crippen molar-refractivity contribution in [3.8, 4) is 22.4 Å². The lowest BCUT2D eigenvalue weighted by Gasteiger charge is -2.08. The molecule has 26 heavy (non-hydrogen) atoms. The van der Waals surface area contributed by atoms with Crippen LogP contribution < -0.4 is 0 Å². The largest absolute Gasteiger partial charge is 0.268 e. The summed E-state index contributed by atoms with van der Waals surface area (Å²) in [4.78, 5) is 8.72. The van der Waals surface area contributed by atoms with E-state index in [1.807, 2.05) is 22.9 Å². The van der Waals surface area contributed by atoms with Gasteiger partial charge in [0.25, 0.3) is 0 Å². The Hall–Kier alpha value is -2.79. The van der Waals surface area contributed by atoms with E-state index in [1.165, 1.54) is 6.07 Å². The molecule has 0 amide bonds. The Kier molecular flexibility index (Phi) is 3.50. The van der Waals surface area contributed by atoms with Gasteiger partial charge >= 0.3 is 0 Å². The molecule has 0 bridgehead atoms. The number of halogens is 2. The topological polar surface area (TPSA) is 43.6 Å². The molecule has 1 aliphatic heterocycles. The summed E-state index contributed by atoms with van der Waals surface area (Å²) in [7, 11) is 0. The van der Waals surface area contributed by atoms with E-state index >= 15 is 0 Å². The van der Waals surface area contributed by atoms with Gasteiger partial charge in [0.1, 0.15) is 11.5 Å². The van der Waals surface area contributed by atoms with Crippen molar-refractivity contribution in [3.05, 3.63) is 65.3 Å². The molecule has 0 radical (unpaired) electrons. The lowest BCUT2D eigenvalue weighted by atomic mass is 9.97. The predicted molar refractivity (Wildman–Crippen MR) is 99.5 cm³/mol. The minimum atomic E-state index is -0.326. The number of aromatic nitrogens is 4. The van der Waals surface area contributed by atoms with Crippen LogP contribution in [0.15, 0.2) is 48.8 Å². The number of rotatable bonds is 2. The summed E-state index contributed by atoms with van der Waals surface area (Å²) in [6.45, 7) is 0.845. The first-order chi connectivity index (χ1) is 12.7. The minimum absolute atomic E-state index is 0.326. The van der Waals surface area contributed by atoms with Gasteiger partial charge in [-0.2, -0.15) is 5.10 Å². The molecule has 1 aliphatic rings. The van der Waals surface area contributed by atoms with Crippen LogP contribution >= 0.6 is 11.6 Å². The zero-order valence-electron chi connectivity index (χ0n) is 13.8. The van der Waals surface area contributed by atoms with Crippen LogP contribution in [0.3, 0.4) is 0 Å². The number of fused-ring (bicyclic) bond motifs is 2. The first kappa shape index (κ1) is 15.5. The molecule has 5 rings (SSSR count). The number of hydrogen-bond donors (Lipinski definition) is 0. The number of benzene rings is 2. The van der Waals surface area contributed by atoms with E-state index in [2.05, 4.69) is 9.97 Å². The molecular weight excluding hydrogens is 351 g/mol. The van der Waals surface area contributed by atoms with Gasteiger partial charge in [0.2, 0.25) is 0 Å². The van der Waals surface area contributed by atoms with Crippen molar-refractivity contribution < 1.29 is 4.39 Å². The molecule has 0 spiro atoms. The zero-order chi connectivity index (χ0) is 17.7. The van der Waals surface area contributed by atoms with Crippen LogP contribution in [0.5, 0.6) is 0 Å². The van der Waals surface area contributed by atoms with E-state index in [9.17, 15) is 4.39 Å². The Morgan fingerprint density at radius 1 is 1.00 bits per heavy atom. The molecule has 4 nitrogen and oxygen atoms in total. The molecule has 6 heteroatoms. The number of hydrogen-bond acceptors (Lipinski definition) is 3. The van der Waals surface area contributed by atoms with Crippen molar-refractivity contribution in [2.24, 2.45) is 0 Å². The van der Waals surface area contributed by atoms with Crippen molar-refractivity contribution in [1.82, 2.24) is 19.7 Å². The fourth-order valence-corrected chi connectivity index (χ4v) is 3.79. The van der Waals surface area contributed by atoms with E-state index in [-0.39, 0.29) is 5.82 Å². The first-order valence-electron chi connectivity index (χ1n) is 8.47. The summed E-state index contributed by atoms with van der Waals surface area (Å²) in [5, 5.41) is 5.19. The summed E-state index contributed by atoms with van der Waals surface area (Å²) < 4.78 is 16.5. The highest BCUT2D eigenvalue weighted by Crippen LogP contribution is 2.39. The lowest BCUT2D eigenvalue weighted by Crippen LogP contribution is -1.94. The van der Waals surface area contributed by atoms with Gasteiger partial charge in [-0.15, -0.1) is 0 Å². The molecule has 0 N–H and O–H groups in total. The van der Waals surface area contributed by atoms with E-state index in [4.69, 9.17) is 16.7 Å². The SMILES string of the molecule is Fc1ccc(Cl)cc1-c1nn2c(c1-c1ccc3nccnc3c1)CCC2. The third kappa shape index (κ3) is 2.39. The predicted octanol–water partition coefficient (Wildman–Crippen LogP) is 4.90. The summed E-state index contributed by atoms with van der Waals surface area (Å²) in [5.74, 6) is -0.326. The Morgan fingerprint density at radius 3 is 2.73 bits per heavy atom. The maximum atomic E-state index is 14.5. The second kappa shape index (κ2) is 5.88. The average molecular weight is 365 g/mol. The highest BCUT2D eigenvalue weighted by Gasteiger charge is 2.25. The van der Waals surface area contributed by atoms with Crippen molar-refractivity contribution in [2.45, 2.75) is 19.4 Å². The molecule has 3 heterocycles. The highest BCUT2D eigenvalue weighted by molar-refractivity contribution is 6.30. The van der Waals surface area contributed by atoms with E-state index in [0.717, 1.165) is 47.2 Å². The fraction of sp³-hybridized carbons (Fsp3) is 0.150. The van der Waals surface area contributed by atoms with Gasteiger partial charge < -0.3 is 0 Å². The van der Waals surface area contributed by atoms with Gasteiger partial charge in [-0.25, -0.2) is 4.39 Å². The molecule has 4 aromatic rings. The van der Waals surface area contributed by atoms with Crippen LogP contribution in [0, 0.1) is 5.82 Å². The molecule has 2 aromatic carbocycles. The summed E-state index contributed by atoms with van der Waals surface area (Å²) in [6, 6.07) is 10.5. The minimum Gasteiger partial charge on any atom is -0.268 e. The molecule has 128 valence electrons. The standard InChI is InChI=1S/C20H14ClFN4/c21-13-4-5-15(22)14(11-13)20-19(18-2-1-9-26(18)25-20)12-3-6-16-17(10-12)24-8-7-23-16/h3-8,10-11H,1-2,9H2. The van der Waals surface area contributed by atoms with Gasteiger partial charge in [-0.3, -0.25) is 14.6 Å². The van der Waals surface area contributed by atoms with Gasteiger partial charge in [0.15, 0.2) is 0 Å². The van der Waals surface area contributed by atoms with E-state index in [0.29, 0.717) is 16.3 Å². The van der Waals surface area contributed by atoms with Crippen LogP contribution in [0.1, 0.15) is 12.1 Å². The second-order valence-corrected chi connectivity index (χ2v) is 6.82. The monoisotopic (exact) mass is 364 g/mol. The Labute approximate surface area is 154 Å². The fourth-order valence-electron chi connectivity index (χ4n) is 3.62. The van der Waals surface area contributed by atoms with Gasteiger partial charge in [0, 0.05) is 40.8 Å². The molecular formula is C20H14ClFN4. The normalized spacial score (nSPS) is 13.3. The number of aryl methyl sites for hydroxylation is 1. The third-order valence-electron chi connectivity index (χ3n) is 4.78. The van der Waals surface area contributed by atoms with Gasteiger partial charge in [-0.05, 0) is 48.7 Å². The molecule has 0 atom stereocenters. The maximum absolute atomic E-state index is 14.5. The van der Waals surface area contributed by atoms with Crippen molar-refractivity contribution >= 4 is 22.6 Å². The van der Waals surface area contributed by atoms with E-state index < -0.39 is 0 Å².